The van der Waals surface area contributed by atoms with Crippen LogP contribution in [0.2, 0.25) is 0 Å². The predicted octanol–water partition coefficient (Wildman–Crippen LogP) is 1.18. The molecule has 0 heterocycles. The molecule has 0 fully saturated rings. The number of amides is 2. The van der Waals surface area contributed by atoms with Gasteiger partial charge in [0.1, 0.15) is 12.4 Å². The number of benzene rings is 2. The largest absolute Gasteiger partial charge is 0.345 e. The van der Waals surface area contributed by atoms with Crippen molar-refractivity contribution in [2.24, 2.45) is 0 Å². The first kappa shape index (κ1) is 18.6. The van der Waals surface area contributed by atoms with E-state index in [4.69, 9.17) is 0 Å². The van der Waals surface area contributed by atoms with Crippen LogP contribution in [0, 0.1) is 5.82 Å². The number of likely N-dealkylation sites (N-methyl/N-ethyl adjacent to an activating group) is 1. The van der Waals surface area contributed by atoms with Gasteiger partial charge in [-0.25, -0.2) is 4.39 Å². The molecule has 0 spiro atoms. The van der Waals surface area contributed by atoms with Gasteiger partial charge in [0.25, 0.3) is 11.8 Å². The van der Waals surface area contributed by atoms with E-state index in [2.05, 4.69) is 5.32 Å². The number of hydrogen-bond donors (Lipinski definition) is 2. The number of rotatable bonds is 6. The Bertz CT molecular complexity index is 745. The Balaban J connectivity index is 1.88. The van der Waals surface area contributed by atoms with Crippen LogP contribution in [0.5, 0.6) is 0 Å². The number of carbonyl (C=O) groups excluding carboxylic acids is 2. The topological polar surface area (TPSA) is 53.9 Å². The number of carbonyl (C=O) groups is 2. The lowest BCUT2D eigenvalue weighted by atomic mass is 10.2. The first-order valence-electron chi connectivity index (χ1n) is 8.02. The second-order valence-corrected chi connectivity index (χ2v) is 6.27. The average Bonchev–Trinajstić information content (AvgIpc) is 2.54. The summed E-state index contributed by atoms with van der Waals surface area (Å²) in [6.07, 6.45) is 0. The lowest BCUT2D eigenvalue weighted by molar-refractivity contribution is -0.885. The van der Waals surface area contributed by atoms with E-state index < -0.39 is 0 Å². The molecule has 2 N–H and O–H groups in total. The Morgan fingerprint density at radius 1 is 1.12 bits per heavy atom. The van der Waals surface area contributed by atoms with Crippen LogP contribution < -0.4 is 10.2 Å². The zero-order valence-corrected chi connectivity index (χ0v) is 14.7. The molecule has 0 saturated heterocycles. The van der Waals surface area contributed by atoms with Gasteiger partial charge >= 0.3 is 0 Å². The maximum Gasteiger partial charge on any atom is 0.279 e. The van der Waals surface area contributed by atoms with Crippen molar-refractivity contribution < 1.29 is 18.9 Å². The molecule has 0 aliphatic carbocycles. The third kappa shape index (κ3) is 5.69. The summed E-state index contributed by atoms with van der Waals surface area (Å²) in [4.78, 5) is 26.4. The Labute approximate surface area is 147 Å². The summed E-state index contributed by atoms with van der Waals surface area (Å²) in [6, 6.07) is 13.1. The number of halogens is 1. The van der Waals surface area contributed by atoms with Crippen LogP contribution in [0.3, 0.4) is 0 Å². The summed E-state index contributed by atoms with van der Waals surface area (Å²) in [6.45, 7) is 0.816. The van der Waals surface area contributed by atoms with Crippen LogP contribution in [0.25, 0.3) is 0 Å². The summed E-state index contributed by atoms with van der Waals surface area (Å²) in [5, 5.41) is 2.81. The standard InChI is InChI=1S/C19H22FN3O2/c1-22(2)19(25)15-7-9-17(10-8-15)21-18(24)13-23(3)12-14-5-4-6-16(20)11-14/h4-11H,12-13H2,1-3H3,(H,21,24)/p+1. The molecular formula is C19H23FN3O2+. The smallest absolute Gasteiger partial charge is 0.279 e. The van der Waals surface area contributed by atoms with Crippen molar-refractivity contribution in [1.29, 1.82) is 0 Å². The molecule has 0 radical (unpaired) electrons. The van der Waals surface area contributed by atoms with Gasteiger partial charge in [-0.15, -0.1) is 0 Å². The Morgan fingerprint density at radius 2 is 1.80 bits per heavy atom. The number of quaternary nitrogens is 1. The fourth-order valence-electron chi connectivity index (χ4n) is 2.49. The van der Waals surface area contributed by atoms with Gasteiger partial charge in [0.15, 0.2) is 6.54 Å². The minimum Gasteiger partial charge on any atom is -0.345 e. The maximum absolute atomic E-state index is 13.2. The van der Waals surface area contributed by atoms with Crippen molar-refractivity contribution in [3.05, 3.63) is 65.5 Å². The maximum atomic E-state index is 13.2. The molecule has 5 nitrogen and oxygen atoms in total. The van der Waals surface area contributed by atoms with Crippen LogP contribution in [-0.4, -0.2) is 44.4 Å². The van der Waals surface area contributed by atoms with Gasteiger partial charge in [0.05, 0.1) is 7.05 Å². The number of hydrogen-bond acceptors (Lipinski definition) is 2. The molecular weight excluding hydrogens is 321 g/mol. The van der Waals surface area contributed by atoms with E-state index in [1.807, 2.05) is 13.1 Å². The van der Waals surface area contributed by atoms with Crippen molar-refractivity contribution in [3.63, 3.8) is 0 Å². The first-order chi connectivity index (χ1) is 11.8. The number of anilines is 1. The lowest BCUT2D eigenvalue weighted by Gasteiger charge is -2.14. The first-order valence-corrected chi connectivity index (χ1v) is 8.02. The Hall–Kier alpha value is -2.73. The Morgan fingerprint density at radius 3 is 2.40 bits per heavy atom. The van der Waals surface area contributed by atoms with Gasteiger partial charge in [0, 0.05) is 30.9 Å². The van der Waals surface area contributed by atoms with E-state index in [9.17, 15) is 14.0 Å². The van der Waals surface area contributed by atoms with E-state index in [-0.39, 0.29) is 24.2 Å². The van der Waals surface area contributed by atoms with Gasteiger partial charge in [-0.1, -0.05) is 12.1 Å². The molecule has 132 valence electrons. The van der Waals surface area contributed by atoms with Crippen LogP contribution in [-0.2, 0) is 11.3 Å². The molecule has 2 aromatic rings. The fraction of sp³-hybridized carbons (Fsp3) is 0.263. The van der Waals surface area contributed by atoms with Crippen LogP contribution in [0.1, 0.15) is 15.9 Å². The highest BCUT2D eigenvalue weighted by Crippen LogP contribution is 2.10. The summed E-state index contributed by atoms with van der Waals surface area (Å²) >= 11 is 0. The van der Waals surface area contributed by atoms with Crippen LogP contribution in [0.4, 0.5) is 10.1 Å². The second-order valence-electron chi connectivity index (χ2n) is 6.27. The van der Waals surface area contributed by atoms with Crippen molar-refractivity contribution in [2.45, 2.75) is 6.54 Å². The molecule has 25 heavy (non-hydrogen) atoms. The van der Waals surface area contributed by atoms with E-state index in [1.54, 1.807) is 44.4 Å². The molecule has 0 aliphatic heterocycles. The van der Waals surface area contributed by atoms with Crippen molar-refractivity contribution in [2.75, 3.05) is 33.0 Å². The second kappa shape index (κ2) is 8.39. The molecule has 6 heteroatoms. The van der Waals surface area contributed by atoms with Gasteiger partial charge in [0.2, 0.25) is 0 Å². The van der Waals surface area contributed by atoms with E-state index in [0.29, 0.717) is 17.8 Å². The minimum atomic E-state index is -0.276. The molecule has 2 rings (SSSR count). The molecule has 0 saturated carbocycles. The normalized spacial score (nSPS) is 11.7. The third-order valence-corrected chi connectivity index (χ3v) is 3.68. The zero-order chi connectivity index (χ0) is 18.4. The van der Waals surface area contributed by atoms with Crippen LogP contribution in [0.15, 0.2) is 48.5 Å². The van der Waals surface area contributed by atoms with Crippen molar-refractivity contribution in [3.8, 4) is 0 Å². The Kier molecular flexibility index (Phi) is 6.25. The van der Waals surface area contributed by atoms with Gasteiger partial charge in [-0.05, 0) is 36.4 Å². The molecule has 0 aromatic heterocycles. The molecule has 0 bridgehead atoms. The minimum absolute atomic E-state index is 0.0860. The quantitative estimate of drug-likeness (QED) is 0.827. The fourth-order valence-corrected chi connectivity index (χ4v) is 2.49. The third-order valence-electron chi connectivity index (χ3n) is 3.68. The van der Waals surface area contributed by atoms with Crippen molar-refractivity contribution >= 4 is 17.5 Å². The summed E-state index contributed by atoms with van der Waals surface area (Å²) in [7, 11) is 5.26. The van der Waals surface area contributed by atoms with Gasteiger partial charge < -0.3 is 15.1 Å². The van der Waals surface area contributed by atoms with Gasteiger partial charge in [-0.2, -0.15) is 0 Å². The molecule has 2 amide bonds. The van der Waals surface area contributed by atoms with E-state index in [0.717, 1.165) is 10.5 Å². The number of nitrogens with zero attached hydrogens (tertiary/aromatic N) is 1. The highest BCUT2D eigenvalue weighted by atomic mass is 19.1. The average molecular weight is 344 g/mol. The summed E-state index contributed by atoms with van der Waals surface area (Å²) in [5.41, 5.74) is 2.05. The molecule has 1 atom stereocenters. The summed E-state index contributed by atoms with van der Waals surface area (Å²) < 4.78 is 13.2. The van der Waals surface area contributed by atoms with Crippen molar-refractivity contribution in [1.82, 2.24) is 4.90 Å². The highest BCUT2D eigenvalue weighted by molar-refractivity contribution is 5.95. The van der Waals surface area contributed by atoms with Gasteiger partial charge in [-0.3, -0.25) is 9.59 Å². The monoisotopic (exact) mass is 344 g/mol. The SMILES string of the molecule is CN(C)C(=O)c1ccc(NC(=O)C[NH+](C)Cc2cccc(F)c2)cc1. The van der Waals surface area contributed by atoms with E-state index >= 15 is 0 Å². The number of nitrogens with one attached hydrogen (secondary N) is 2. The lowest BCUT2D eigenvalue weighted by Crippen LogP contribution is -3.08. The van der Waals surface area contributed by atoms with E-state index in [1.165, 1.54) is 17.0 Å². The molecule has 0 aliphatic rings. The predicted molar refractivity (Wildman–Crippen MR) is 94.9 cm³/mol. The highest BCUT2D eigenvalue weighted by Gasteiger charge is 2.12. The zero-order valence-electron chi connectivity index (χ0n) is 14.7. The van der Waals surface area contributed by atoms with Crippen LogP contribution >= 0.6 is 0 Å². The molecule has 2 aromatic carbocycles. The summed E-state index contributed by atoms with van der Waals surface area (Å²) in [5.74, 6) is -0.500. The molecule has 1 unspecified atom stereocenters.